The molecule has 1 amide bonds. The van der Waals surface area contributed by atoms with Crippen molar-refractivity contribution in [3.8, 4) is 10.4 Å². The number of amides is 1. The van der Waals surface area contributed by atoms with Crippen LogP contribution in [-0.4, -0.2) is 15.5 Å². The SMILES string of the molecule is Cc1c(-c2ccccc2)sc2ncn(CC(=O)Nc3ccc(Cl)cc3)c(=O)c12. The van der Waals surface area contributed by atoms with E-state index in [4.69, 9.17) is 11.6 Å². The molecule has 0 aliphatic carbocycles. The number of carbonyl (C=O) groups excluding carboxylic acids is 1. The minimum Gasteiger partial charge on any atom is -0.325 e. The number of aryl methyl sites for hydroxylation is 1. The van der Waals surface area contributed by atoms with Crippen LogP contribution in [0.2, 0.25) is 5.02 Å². The summed E-state index contributed by atoms with van der Waals surface area (Å²) in [6, 6.07) is 16.7. The zero-order valence-corrected chi connectivity index (χ0v) is 16.6. The van der Waals surface area contributed by atoms with Crippen LogP contribution in [0.5, 0.6) is 0 Å². The van der Waals surface area contributed by atoms with Crippen molar-refractivity contribution in [1.29, 1.82) is 0 Å². The lowest BCUT2D eigenvalue weighted by Gasteiger charge is -2.07. The van der Waals surface area contributed by atoms with E-state index in [9.17, 15) is 9.59 Å². The number of aromatic nitrogens is 2. The van der Waals surface area contributed by atoms with Crippen LogP contribution in [0.25, 0.3) is 20.7 Å². The molecule has 7 heteroatoms. The van der Waals surface area contributed by atoms with Gasteiger partial charge in [-0.2, -0.15) is 0 Å². The molecule has 0 radical (unpaired) electrons. The van der Waals surface area contributed by atoms with Crippen LogP contribution in [0.15, 0.2) is 65.7 Å². The second-order valence-electron chi connectivity index (χ2n) is 6.34. The maximum Gasteiger partial charge on any atom is 0.262 e. The monoisotopic (exact) mass is 409 g/mol. The molecule has 0 unspecified atom stereocenters. The highest BCUT2D eigenvalue weighted by Crippen LogP contribution is 2.35. The van der Waals surface area contributed by atoms with Gasteiger partial charge in [-0.1, -0.05) is 41.9 Å². The van der Waals surface area contributed by atoms with Crippen molar-refractivity contribution < 1.29 is 4.79 Å². The minimum atomic E-state index is -0.304. The van der Waals surface area contributed by atoms with E-state index in [1.165, 1.54) is 22.2 Å². The first-order chi connectivity index (χ1) is 13.5. The van der Waals surface area contributed by atoms with Crippen molar-refractivity contribution in [2.24, 2.45) is 0 Å². The number of halogens is 1. The first-order valence-corrected chi connectivity index (χ1v) is 9.82. The van der Waals surface area contributed by atoms with Gasteiger partial charge in [0.15, 0.2) is 0 Å². The fourth-order valence-corrected chi connectivity index (χ4v) is 4.30. The number of hydrogen-bond donors (Lipinski definition) is 1. The Bertz CT molecular complexity index is 1210. The number of fused-ring (bicyclic) bond motifs is 1. The zero-order chi connectivity index (χ0) is 19.7. The smallest absolute Gasteiger partial charge is 0.262 e. The van der Waals surface area contributed by atoms with Gasteiger partial charge in [-0.25, -0.2) is 4.98 Å². The van der Waals surface area contributed by atoms with Crippen LogP contribution >= 0.6 is 22.9 Å². The lowest BCUT2D eigenvalue weighted by molar-refractivity contribution is -0.116. The summed E-state index contributed by atoms with van der Waals surface area (Å²) in [7, 11) is 0. The van der Waals surface area contributed by atoms with Crippen molar-refractivity contribution >= 4 is 44.7 Å². The number of benzene rings is 2. The predicted molar refractivity (Wildman–Crippen MR) is 114 cm³/mol. The standard InChI is InChI=1S/C21H16ClN3O2S/c1-13-18-20(28-19(13)14-5-3-2-4-6-14)23-12-25(21(18)27)11-17(26)24-16-9-7-15(22)8-10-16/h2-10,12H,11H2,1H3,(H,24,26). The van der Waals surface area contributed by atoms with Gasteiger partial charge in [0.2, 0.25) is 5.91 Å². The third kappa shape index (κ3) is 3.56. The molecule has 0 aliphatic rings. The Hall–Kier alpha value is -2.96. The minimum absolute atomic E-state index is 0.111. The number of hydrogen-bond acceptors (Lipinski definition) is 4. The lowest BCUT2D eigenvalue weighted by atomic mass is 10.1. The molecule has 140 valence electrons. The van der Waals surface area contributed by atoms with E-state index in [2.05, 4.69) is 10.3 Å². The molecular formula is C21H16ClN3O2S. The second kappa shape index (κ2) is 7.58. The summed E-state index contributed by atoms with van der Waals surface area (Å²) < 4.78 is 1.34. The first kappa shape index (κ1) is 18.4. The van der Waals surface area contributed by atoms with E-state index < -0.39 is 0 Å². The summed E-state index contributed by atoms with van der Waals surface area (Å²) in [4.78, 5) is 31.4. The molecule has 0 spiro atoms. The molecule has 0 atom stereocenters. The lowest BCUT2D eigenvalue weighted by Crippen LogP contribution is -2.27. The van der Waals surface area contributed by atoms with Gasteiger partial charge in [0.25, 0.3) is 5.56 Å². The third-order valence-electron chi connectivity index (χ3n) is 4.40. The molecule has 0 bridgehead atoms. The zero-order valence-electron chi connectivity index (χ0n) is 15.0. The quantitative estimate of drug-likeness (QED) is 0.530. The van der Waals surface area contributed by atoms with E-state index in [0.717, 1.165) is 16.0 Å². The molecule has 4 aromatic rings. The van der Waals surface area contributed by atoms with Gasteiger partial charge in [0.1, 0.15) is 11.4 Å². The number of thiophene rings is 1. The molecule has 2 aromatic heterocycles. The van der Waals surface area contributed by atoms with Gasteiger partial charge in [0, 0.05) is 15.6 Å². The molecule has 0 fully saturated rings. The highest BCUT2D eigenvalue weighted by molar-refractivity contribution is 7.22. The fourth-order valence-electron chi connectivity index (χ4n) is 3.03. The Kier molecular flexibility index (Phi) is 4.98. The van der Waals surface area contributed by atoms with Crippen LogP contribution in [0.3, 0.4) is 0 Å². The third-order valence-corrected chi connectivity index (χ3v) is 5.90. The van der Waals surface area contributed by atoms with Crippen molar-refractivity contribution in [3.63, 3.8) is 0 Å². The molecule has 4 rings (SSSR count). The number of carbonyl (C=O) groups is 1. The molecular weight excluding hydrogens is 394 g/mol. The Labute approximate surface area is 170 Å². The van der Waals surface area contributed by atoms with E-state index in [-0.39, 0.29) is 18.0 Å². The Morgan fingerprint density at radius 1 is 1.14 bits per heavy atom. The van der Waals surface area contributed by atoms with Crippen LogP contribution in [-0.2, 0) is 11.3 Å². The van der Waals surface area contributed by atoms with Gasteiger partial charge in [-0.05, 0) is 42.3 Å². The van der Waals surface area contributed by atoms with E-state index >= 15 is 0 Å². The average molecular weight is 410 g/mol. The predicted octanol–water partition coefficient (Wildman–Crippen LogP) is 4.73. The van der Waals surface area contributed by atoms with E-state index in [1.807, 2.05) is 37.3 Å². The summed E-state index contributed by atoms with van der Waals surface area (Å²) in [5.41, 5.74) is 2.34. The highest BCUT2D eigenvalue weighted by atomic mass is 35.5. The van der Waals surface area contributed by atoms with Gasteiger partial charge in [0.05, 0.1) is 11.7 Å². The van der Waals surface area contributed by atoms with Gasteiger partial charge in [-0.15, -0.1) is 11.3 Å². The molecule has 28 heavy (non-hydrogen) atoms. The summed E-state index contributed by atoms with van der Waals surface area (Å²) in [6.45, 7) is 1.81. The average Bonchev–Trinajstić information content (AvgIpc) is 3.04. The van der Waals surface area contributed by atoms with Crippen molar-refractivity contribution in [2.45, 2.75) is 13.5 Å². The fraction of sp³-hybridized carbons (Fsp3) is 0.0952. The van der Waals surface area contributed by atoms with Crippen LogP contribution < -0.4 is 10.9 Å². The van der Waals surface area contributed by atoms with Crippen molar-refractivity contribution in [2.75, 3.05) is 5.32 Å². The maximum atomic E-state index is 13.0. The first-order valence-electron chi connectivity index (χ1n) is 8.62. The molecule has 2 aromatic carbocycles. The Morgan fingerprint density at radius 3 is 2.57 bits per heavy atom. The van der Waals surface area contributed by atoms with Crippen LogP contribution in [0.1, 0.15) is 5.56 Å². The summed E-state index contributed by atoms with van der Waals surface area (Å²) >= 11 is 7.34. The number of nitrogens with one attached hydrogen (secondary N) is 1. The number of anilines is 1. The maximum absolute atomic E-state index is 13.0. The van der Waals surface area contributed by atoms with E-state index in [1.54, 1.807) is 24.3 Å². The van der Waals surface area contributed by atoms with Crippen LogP contribution in [0.4, 0.5) is 5.69 Å². The molecule has 0 aliphatic heterocycles. The molecule has 2 heterocycles. The highest BCUT2D eigenvalue weighted by Gasteiger charge is 2.16. The molecule has 0 saturated carbocycles. The molecule has 1 N–H and O–H groups in total. The van der Waals surface area contributed by atoms with Gasteiger partial charge >= 0.3 is 0 Å². The Morgan fingerprint density at radius 2 is 1.86 bits per heavy atom. The Balaban J connectivity index is 1.64. The van der Waals surface area contributed by atoms with Crippen molar-refractivity contribution in [1.82, 2.24) is 9.55 Å². The van der Waals surface area contributed by atoms with E-state index in [0.29, 0.717) is 20.9 Å². The second-order valence-corrected chi connectivity index (χ2v) is 7.77. The van der Waals surface area contributed by atoms with Crippen molar-refractivity contribution in [3.05, 3.63) is 81.9 Å². The molecule has 5 nitrogen and oxygen atoms in total. The van der Waals surface area contributed by atoms with Gasteiger partial charge < -0.3 is 5.32 Å². The summed E-state index contributed by atoms with van der Waals surface area (Å²) in [5.74, 6) is -0.304. The summed E-state index contributed by atoms with van der Waals surface area (Å²) in [6.07, 6.45) is 1.43. The number of rotatable bonds is 4. The normalized spacial score (nSPS) is 10.9. The van der Waals surface area contributed by atoms with Crippen LogP contribution in [0, 0.1) is 6.92 Å². The topological polar surface area (TPSA) is 64.0 Å². The summed E-state index contributed by atoms with van der Waals surface area (Å²) in [5, 5.41) is 3.91. The number of nitrogens with zero attached hydrogens (tertiary/aromatic N) is 2. The van der Waals surface area contributed by atoms with Gasteiger partial charge in [-0.3, -0.25) is 14.2 Å². The largest absolute Gasteiger partial charge is 0.325 e. The molecule has 0 saturated heterocycles.